The van der Waals surface area contributed by atoms with Crippen LogP contribution in [0.1, 0.15) is 32.6 Å². The summed E-state index contributed by atoms with van der Waals surface area (Å²) in [6, 6.07) is -0.0863. The molecule has 0 saturated heterocycles. The van der Waals surface area contributed by atoms with Gasteiger partial charge in [0, 0.05) is 25.4 Å². The van der Waals surface area contributed by atoms with Crippen LogP contribution in [-0.2, 0) is 15.0 Å². The van der Waals surface area contributed by atoms with Crippen molar-refractivity contribution in [2.24, 2.45) is 0 Å². The summed E-state index contributed by atoms with van der Waals surface area (Å²) in [5, 5.41) is 0. The minimum absolute atomic E-state index is 0.0863. The molecule has 0 aromatic carbocycles. The van der Waals surface area contributed by atoms with Crippen LogP contribution in [0.5, 0.6) is 0 Å². The van der Waals surface area contributed by atoms with E-state index in [-0.39, 0.29) is 11.8 Å². The molecule has 0 unspecified atom stereocenters. The number of Topliss-reactive ketones (excluding diaryl/α,β-unsaturated/α-hetero) is 1. The molecule has 1 aliphatic carbocycles. The Morgan fingerprint density at radius 1 is 1.36 bits per heavy atom. The van der Waals surface area contributed by atoms with Crippen molar-refractivity contribution in [3.8, 4) is 0 Å². The van der Waals surface area contributed by atoms with Gasteiger partial charge in [0.1, 0.15) is 5.78 Å². The molecule has 1 aliphatic rings. The third-order valence-corrected chi connectivity index (χ3v) is 3.51. The molecule has 1 saturated carbocycles. The van der Waals surface area contributed by atoms with Crippen molar-refractivity contribution in [1.29, 1.82) is 0 Å². The van der Waals surface area contributed by atoms with Gasteiger partial charge in [-0.05, 0) is 12.8 Å². The van der Waals surface area contributed by atoms with Crippen LogP contribution in [0.3, 0.4) is 0 Å². The first kappa shape index (κ1) is 11.6. The van der Waals surface area contributed by atoms with Gasteiger partial charge in [0.05, 0.1) is 0 Å². The van der Waals surface area contributed by atoms with Gasteiger partial charge in [-0.2, -0.15) is 13.1 Å². The molecule has 5 nitrogen and oxygen atoms in total. The Balaban J connectivity index is 2.41. The average molecular weight is 220 g/mol. The van der Waals surface area contributed by atoms with Crippen LogP contribution in [0, 0.1) is 0 Å². The van der Waals surface area contributed by atoms with E-state index in [1.165, 1.54) is 0 Å². The monoisotopic (exact) mass is 220 g/mol. The zero-order chi connectivity index (χ0) is 10.6. The van der Waals surface area contributed by atoms with Gasteiger partial charge in [0.25, 0.3) is 10.2 Å². The molecule has 0 spiro atoms. The molecule has 6 heteroatoms. The van der Waals surface area contributed by atoms with Crippen LogP contribution in [-0.4, -0.2) is 26.8 Å². The fourth-order valence-corrected chi connectivity index (χ4v) is 2.65. The summed E-state index contributed by atoms with van der Waals surface area (Å²) in [4.78, 5) is 10.9. The molecule has 0 radical (unpaired) electrons. The minimum Gasteiger partial charge on any atom is -0.300 e. The maximum atomic E-state index is 11.3. The van der Waals surface area contributed by atoms with E-state index in [4.69, 9.17) is 0 Å². The maximum absolute atomic E-state index is 11.3. The second-order valence-electron chi connectivity index (χ2n) is 3.43. The van der Waals surface area contributed by atoms with Crippen molar-refractivity contribution in [1.82, 2.24) is 9.44 Å². The normalized spacial score (nSPS) is 19.9. The van der Waals surface area contributed by atoms with Crippen LogP contribution in [0.15, 0.2) is 0 Å². The molecule has 0 atom stereocenters. The second kappa shape index (κ2) is 4.86. The SMILES string of the molecule is CCNS(=O)(=O)NC1CCC(=O)CC1. The summed E-state index contributed by atoms with van der Waals surface area (Å²) in [6.45, 7) is 2.10. The number of hydrogen-bond acceptors (Lipinski definition) is 3. The standard InChI is InChI=1S/C8H16N2O3S/c1-2-9-14(12,13)10-7-3-5-8(11)6-4-7/h7,9-10H,2-6H2,1H3. The molecular formula is C8H16N2O3S. The van der Waals surface area contributed by atoms with Crippen molar-refractivity contribution in [2.75, 3.05) is 6.54 Å². The lowest BCUT2D eigenvalue weighted by Gasteiger charge is -2.21. The number of rotatable bonds is 4. The Labute approximate surface area is 84.4 Å². The van der Waals surface area contributed by atoms with Crippen molar-refractivity contribution in [3.05, 3.63) is 0 Å². The van der Waals surface area contributed by atoms with Gasteiger partial charge in [-0.1, -0.05) is 6.92 Å². The zero-order valence-electron chi connectivity index (χ0n) is 8.25. The molecule has 1 rings (SSSR count). The molecule has 14 heavy (non-hydrogen) atoms. The van der Waals surface area contributed by atoms with Crippen molar-refractivity contribution in [3.63, 3.8) is 0 Å². The Hall–Kier alpha value is -0.460. The van der Waals surface area contributed by atoms with E-state index in [1.54, 1.807) is 6.92 Å². The molecular weight excluding hydrogens is 204 g/mol. The highest BCUT2D eigenvalue weighted by Gasteiger charge is 2.22. The molecule has 0 aliphatic heterocycles. The predicted molar refractivity (Wildman–Crippen MR) is 53.0 cm³/mol. The third kappa shape index (κ3) is 3.73. The van der Waals surface area contributed by atoms with Crippen molar-refractivity contribution >= 4 is 16.0 Å². The summed E-state index contributed by atoms with van der Waals surface area (Å²) < 4.78 is 27.4. The largest absolute Gasteiger partial charge is 0.300 e. The highest BCUT2D eigenvalue weighted by molar-refractivity contribution is 7.87. The Morgan fingerprint density at radius 3 is 2.43 bits per heavy atom. The average Bonchev–Trinajstić information content (AvgIpc) is 2.08. The van der Waals surface area contributed by atoms with Gasteiger partial charge in [-0.3, -0.25) is 4.79 Å². The molecule has 82 valence electrons. The quantitative estimate of drug-likeness (QED) is 0.697. The van der Waals surface area contributed by atoms with E-state index < -0.39 is 10.2 Å². The van der Waals surface area contributed by atoms with E-state index >= 15 is 0 Å². The van der Waals surface area contributed by atoms with E-state index in [9.17, 15) is 13.2 Å². The number of nitrogens with one attached hydrogen (secondary N) is 2. The number of carbonyl (C=O) groups excluding carboxylic acids is 1. The predicted octanol–water partition coefficient (Wildman–Crippen LogP) is -0.0580. The maximum Gasteiger partial charge on any atom is 0.277 e. The van der Waals surface area contributed by atoms with E-state index in [0.717, 1.165) is 0 Å². The number of carbonyl (C=O) groups is 1. The number of hydrogen-bond donors (Lipinski definition) is 2. The fraction of sp³-hybridized carbons (Fsp3) is 0.875. The topological polar surface area (TPSA) is 75.3 Å². The molecule has 0 heterocycles. The first-order valence-electron chi connectivity index (χ1n) is 4.82. The lowest BCUT2D eigenvalue weighted by Crippen LogP contribution is -2.44. The van der Waals surface area contributed by atoms with Gasteiger partial charge in [0.15, 0.2) is 0 Å². The highest BCUT2D eigenvalue weighted by atomic mass is 32.2. The van der Waals surface area contributed by atoms with Gasteiger partial charge in [0.2, 0.25) is 0 Å². The summed E-state index contributed by atoms with van der Waals surface area (Å²) >= 11 is 0. The third-order valence-electron chi connectivity index (χ3n) is 2.20. The van der Waals surface area contributed by atoms with Crippen LogP contribution < -0.4 is 9.44 Å². The van der Waals surface area contributed by atoms with E-state index in [1.807, 2.05) is 0 Å². The van der Waals surface area contributed by atoms with Crippen LogP contribution in [0.2, 0.25) is 0 Å². The van der Waals surface area contributed by atoms with Gasteiger partial charge >= 0.3 is 0 Å². The Morgan fingerprint density at radius 2 is 1.93 bits per heavy atom. The molecule has 0 bridgehead atoms. The molecule has 2 N–H and O–H groups in total. The summed E-state index contributed by atoms with van der Waals surface area (Å²) in [5.74, 6) is 0.226. The summed E-state index contributed by atoms with van der Waals surface area (Å²) in [5.41, 5.74) is 0. The molecule has 0 aromatic heterocycles. The second-order valence-corrected chi connectivity index (χ2v) is 4.96. The smallest absolute Gasteiger partial charge is 0.277 e. The van der Waals surface area contributed by atoms with Crippen molar-refractivity contribution < 1.29 is 13.2 Å². The van der Waals surface area contributed by atoms with Gasteiger partial charge in [-0.15, -0.1) is 0 Å². The molecule has 0 aromatic rings. The first-order chi connectivity index (χ1) is 6.53. The van der Waals surface area contributed by atoms with Crippen LogP contribution >= 0.6 is 0 Å². The van der Waals surface area contributed by atoms with E-state index in [0.29, 0.717) is 32.2 Å². The van der Waals surface area contributed by atoms with Crippen molar-refractivity contribution in [2.45, 2.75) is 38.6 Å². The lowest BCUT2D eigenvalue weighted by molar-refractivity contribution is -0.120. The Bertz CT molecular complexity index is 290. The zero-order valence-corrected chi connectivity index (χ0v) is 9.06. The molecule has 0 amide bonds. The summed E-state index contributed by atoms with van der Waals surface area (Å²) in [6.07, 6.45) is 2.20. The highest BCUT2D eigenvalue weighted by Crippen LogP contribution is 2.14. The minimum atomic E-state index is -3.36. The lowest BCUT2D eigenvalue weighted by atomic mass is 9.95. The summed E-state index contributed by atoms with van der Waals surface area (Å²) in [7, 11) is -3.36. The van der Waals surface area contributed by atoms with E-state index in [2.05, 4.69) is 9.44 Å². The molecule has 1 fully saturated rings. The van der Waals surface area contributed by atoms with Crippen LogP contribution in [0.25, 0.3) is 0 Å². The number of ketones is 1. The van der Waals surface area contributed by atoms with Crippen LogP contribution in [0.4, 0.5) is 0 Å². The van der Waals surface area contributed by atoms with Gasteiger partial charge < -0.3 is 0 Å². The first-order valence-corrected chi connectivity index (χ1v) is 6.30. The van der Waals surface area contributed by atoms with Gasteiger partial charge in [-0.25, -0.2) is 4.72 Å². The fourth-order valence-electron chi connectivity index (χ4n) is 1.51. The Kier molecular flexibility index (Phi) is 4.03.